The zero-order valence-electron chi connectivity index (χ0n) is 54.8. The van der Waals surface area contributed by atoms with Gasteiger partial charge in [-0.3, -0.25) is 60.7 Å². The second-order valence-corrected chi connectivity index (χ2v) is 29.8. The lowest BCUT2D eigenvalue weighted by molar-refractivity contribution is -0.385. The number of rotatable bonds is 30. The average Bonchev–Trinajstić information content (AvgIpc) is 1.68. The number of hydrogen-bond acceptors (Lipinski definition) is 44. The van der Waals surface area contributed by atoms with E-state index in [-0.39, 0.29) is 88.4 Å². The Bertz CT molecular complexity index is 4330. The van der Waals surface area contributed by atoms with Crippen molar-refractivity contribution in [1.82, 2.24) is 0 Å². The van der Waals surface area contributed by atoms with Crippen molar-refractivity contribution in [1.29, 1.82) is 0 Å². The fraction of sp³-hybridized carbons (Fsp3) is 0.345. The molecule has 6 aliphatic rings. The Morgan fingerprint density at radius 2 is 0.459 bits per heavy atom. The molecular weight excluding hydrogens is 1640 g/mol. The Morgan fingerprint density at radius 3 is 0.667 bits per heavy atom. The van der Waals surface area contributed by atoms with Gasteiger partial charge >= 0.3 is 62.4 Å². The molecule has 6 aromatic rings. The van der Waals surface area contributed by atoms with Gasteiger partial charge in [-0.2, -0.15) is 50.5 Å². The summed E-state index contributed by atoms with van der Waals surface area (Å²) in [6, 6.07) is 24.1. The minimum Gasteiger partial charge on any atom is -0.387 e. The number of hydrogen-bond donors (Lipinski definition) is 2. The molecule has 0 amide bonds. The van der Waals surface area contributed by atoms with Gasteiger partial charge in [-0.15, -0.1) is 0 Å². The summed E-state index contributed by atoms with van der Waals surface area (Å²) >= 11 is 0. The molecule has 0 aromatic heterocycles. The van der Waals surface area contributed by atoms with E-state index >= 15 is 0 Å². The van der Waals surface area contributed by atoms with E-state index in [1.165, 1.54) is 6.92 Å². The first-order valence-electron chi connectivity index (χ1n) is 30.4. The number of fused-ring (bicyclic) bond motifs is 6. The molecule has 6 saturated heterocycles. The van der Waals surface area contributed by atoms with Crippen LogP contribution in [0.3, 0.4) is 0 Å². The Hall–Kier alpha value is -10.3. The molecule has 15 atom stereocenters. The average molecular weight is 1690 g/mol. The lowest BCUT2D eigenvalue weighted by Gasteiger charge is -2.37. The SMILES string of the molecule is C[C@@H]1C(OS(=O)(=O)Oc2ccc([N+](=O)[O-])cc2)[C@@H]2OCC(O2)[C@H]1OS(=O)(=O)Oc1ccc([N+](=O)[O-])cc1.O=[N+]([O-])c1ccc(OS(=O)(=O)OC2[C@@H]3OCC(O3)[C@@H](OS(=O)(=O)Oc3ccc([N+](=O)[O-])cc3)[C@@H]2O)cc1.O=[N+]([O-])c1ccc(OS(=O)(=O)OC2[C@@H]3OCC(O3)[C@@H](OS(=O)(=O)Oc3ccc([N+](=O)[O-])cc3)[C@@H]2O)cc1. The van der Waals surface area contributed by atoms with Crippen LogP contribution < -0.4 is 25.1 Å². The van der Waals surface area contributed by atoms with Crippen molar-refractivity contribution in [2.75, 3.05) is 19.8 Å². The molecule has 2 N–H and O–H groups in total. The van der Waals surface area contributed by atoms with Crippen molar-refractivity contribution in [3.63, 3.8) is 0 Å². The summed E-state index contributed by atoms with van der Waals surface area (Å²) in [5, 5.41) is 85.7. The van der Waals surface area contributed by atoms with Gasteiger partial charge in [0.25, 0.3) is 34.1 Å². The van der Waals surface area contributed by atoms with Crippen LogP contribution >= 0.6 is 0 Å². The molecule has 0 radical (unpaired) electrons. The standard InChI is InChI=1S/C19H18N2O14S2.2C18H16N2O15S2/c1-11-17(34-36(26,27)32-14-6-2-12(3-7-14)20(22)23)16-10-30-19(31-16)18(11)35-37(28,29)33-15-8-4-13(5-9-15)21(24)25;2*21-15-16(34-36(26,27)32-12-5-1-10(2-6-12)19(22)23)14-9-30-18(31-14)17(15)35-37(28,29)33-13-7-3-11(4-8-13)20(24)25/h2-9,11,16-19H,10H2,1H3;2*1-8,14-18,21H,9H2/t11-,16?,17-,18?,19+;2*14?,15-,16+,17?,18+/m000/s1. The molecule has 6 heterocycles. The summed E-state index contributed by atoms with van der Waals surface area (Å²) in [5.74, 6) is -2.87. The molecule has 6 aromatic carbocycles. The maximum atomic E-state index is 12.5. The van der Waals surface area contributed by atoms with Gasteiger partial charge in [0.15, 0.2) is 31.1 Å². The second kappa shape index (κ2) is 33.7. The number of ether oxygens (including phenoxy) is 6. The molecular formula is C55H50N6O44S6. The highest BCUT2D eigenvalue weighted by molar-refractivity contribution is 7.83. The predicted octanol–water partition coefficient (Wildman–Crippen LogP) is 2.29. The number of nitrogens with zero attached hydrogens (tertiary/aromatic N) is 6. The van der Waals surface area contributed by atoms with Crippen LogP contribution in [0.25, 0.3) is 0 Å². The zero-order chi connectivity index (χ0) is 80.9. The van der Waals surface area contributed by atoms with Crippen molar-refractivity contribution in [3.8, 4) is 34.5 Å². The summed E-state index contributed by atoms with van der Waals surface area (Å²) in [7, 11) is -29.2. The number of non-ortho nitro benzene ring substituents is 6. The predicted molar refractivity (Wildman–Crippen MR) is 350 cm³/mol. The first-order valence-corrected chi connectivity index (χ1v) is 38.4. The molecule has 12 rings (SSSR count). The van der Waals surface area contributed by atoms with Gasteiger partial charge in [-0.1, -0.05) is 6.92 Å². The normalized spacial score (nSPS) is 25.4. The lowest BCUT2D eigenvalue weighted by atomic mass is 9.92. The van der Waals surface area contributed by atoms with Crippen LogP contribution in [0.1, 0.15) is 6.92 Å². The Balaban J connectivity index is 0.000000177. The van der Waals surface area contributed by atoms with Crippen LogP contribution in [0, 0.1) is 66.6 Å². The van der Waals surface area contributed by atoms with E-state index in [2.05, 4.69) is 0 Å². The van der Waals surface area contributed by atoms with Crippen LogP contribution in [-0.2, 0) is 116 Å². The Labute approximate surface area is 621 Å². The van der Waals surface area contributed by atoms with E-state index in [0.29, 0.717) is 0 Å². The summed E-state index contributed by atoms with van der Waals surface area (Å²) < 4.78 is 239. The summed E-state index contributed by atoms with van der Waals surface area (Å²) in [4.78, 5) is 60.2. The van der Waals surface area contributed by atoms with Gasteiger partial charge in [-0.25, -0.2) is 25.1 Å². The van der Waals surface area contributed by atoms with Crippen molar-refractivity contribution < 1.29 is 169 Å². The van der Waals surface area contributed by atoms with E-state index in [1.54, 1.807) is 0 Å². The first-order chi connectivity index (χ1) is 52.0. The molecule has 6 aliphatic heterocycles. The van der Waals surface area contributed by atoms with Crippen molar-refractivity contribution in [2.45, 2.75) is 92.9 Å². The van der Waals surface area contributed by atoms with Gasteiger partial charge in [-0.05, 0) is 72.8 Å². The molecule has 0 saturated carbocycles. The lowest BCUT2D eigenvalue weighted by Crippen LogP contribution is -2.57. The Morgan fingerprint density at radius 1 is 0.288 bits per heavy atom. The smallest absolute Gasteiger partial charge is 0.387 e. The topological polar surface area (TPSA) is 670 Å². The van der Waals surface area contributed by atoms with Crippen molar-refractivity contribution in [2.24, 2.45) is 5.92 Å². The van der Waals surface area contributed by atoms with E-state index < -0.39 is 184 Å². The number of aliphatic hydroxyl groups is 2. The maximum absolute atomic E-state index is 12.5. The van der Waals surface area contributed by atoms with E-state index in [9.17, 15) is 121 Å². The van der Waals surface area contributed by atoms with E-state index in [1.807, 2.05) is 0 Å². The quantitative estimate of drug-likeness (QED) is 0.0482. The van der Waals surface area contributed by atoms with Crippen LogP contribution in [-0.4, -0.2) is 196 Å². The number of benzene rings is 6. The fourth-order valence-electron chi connectivity index (χ4n) is 10.4. The van der Waals surface area contributed by atoms with Crippen molar-refractivity contribution >= 4 is 96.5 Å². The largest absolute Gasteiger partial charge is 0.449 e. The molecule has 6 unspecified atom stereocenters. The molecule has 0 aliphatic carbocycles. The monoisotopic (exact) mass is 1690 g/mol. The van der Waals surface area contributed by atoms with Gasteiger partial charge < -0.3 is 63.7 Å². The van der Waals surface area contributed by atoms with Gasteiger partial charge in [0.1, 0.15) is 89.4 Å². The van der Waals surface area contributed by atoms with Crippen LogP contribution in [0.2, 0.25) is 0 Å². The highest BCUT2D eigenvalue weighted by Gasteiger charge is 2.58. The summed E-state index contributed by atoms with van der Waals surface area (Å²) in [5.41, 5.74) is -1.89. The van der Waals surface area contributed by atoms with Crippen LogP contribution in [0.5, 0.6) is 34.5 Å². The fourth-order valence-corrected chi connectivity index (χ4v) is 15.8. The Kier molecular flexibility index (Phi) is 25.2. The summed E-state index contributed by atoms with van der Waals surface area (Å²) in [6.45, 7) is 0.691. The van der Waals surface area contributed by atoms with Crippen LogP contribution in [0.15, 0.2) is 146 Å². The van der Waals surface area contributed by atoms with E-state index in [0.717, 1.165) is 146 Å². The first kappa shape index (κ1) is 83.1. The molecule has 0 spiro atoms. The molecule has 111 heavy (non-hydrogen) atoms. The summed E-state index contributed by atoms with van der Waals surface area (Å²) in [6.07, 6.45) is -21.1. The highest BCUT2D eigenvalue weighted by atomic mass is 32.3. The third-order valence-electron chi connectivity index (χ3n) is 15.3. The second-order valence-electron chi connectivity index (χ2n) is 22.8. The van der Waals surface area contributed by atoms with Crippen molar-refractivity contribution in [3.05, 3.63) is 206 Å². The van der Waals surface area contributed by atoms with Gasteiger partial charge in [0, 0.05) is 78.7 Å². The minimum absolute atomic E-state index is 0.143. The van der Waals surface area contributed by atoms with Gasteiger partial charge in [0.05, 0.1) is 49.4 Å². The molecule has 600 valence electrons. The van der Waals surface area contributed by atoms with E-state index in [4.69, 9.17) is 78.6 Å². The third-order valence-corrected chi connectivity index (χ3v) is 20.5. The molecule has 6 fully saturated rings. The number of nitro benzene ring substituents is 6. The number of nitro groups is 6. The molecule has 56 heteroatoms. The third kappa shape index (κ3) is 21.8. The minimum atomic E-state index is -4.93. The molecule has 50 nitrogen and oxygen atoms in total. The zero-order valence-corrected chi connectivity index (χ0v) is 59.7. The molecule has 6 bridgehead atoms. The highest BCUT2D eigenvalue weighted by Crippen LogP contribution is 2.40. The maximum Gasteiger partial charge on any atom is 0.449 e. The number of aliphatic hydroxyl groups excluding tert-OH is 2. The van der Waals surface area contributed by atoms with Gasteiger partial charge in [0.2, 0.25) is 0 Å². The van der Waals surface area contributed by atoms with Crippen LogP contribution in [0.4, 0.5) is 34.1 Å².